The van der Waals surface area contributed by atoms with Crippen molar-refractivity contribution in [1.82, 2.24) is 5.32 Å². The predicted molar refractivity (Wildman–Crippen MR) is 74.5 cm³/mol. The van der Waals surface area contributed by atoms with E-state index in [4.69, 9.17) is 5.73 Å². The van der Waals surface area contributed by atoms with Crippen molar-refractivity contribution >= 4 is 5.96 Å². The highest BCUT2D eigenvalue weighted by molar-refractivity contribution is 5.78. The number of halogens is 3. The quantitative estimate of drug-likeness (QED) is 0.512. The van der Waals surface area contributed by atoms with Crippen LogP contribution in [-0.2, 0) is 0 Å². The van der Waals surface area contributed by atoms with Crippen LogP contribution in [0.2, 0.25) is 0 Å². The molecule has 3 rings (SSSR count). The van der Waals surface area contributed by atoms with Crippen LogP contribution in [0, 0.1) is 17.5 Å². The number of nitrogens with two attached hydrogens (primary N) is 1. The van der Waals surface area contributed by atoms with Crippen LogP contribution in [0.1, 0.15) is 43.6 Å². The van der Waals surface area contributed by atoms with Crippen molar-refractivity contribution in [1.29, 1.82) is 0 Å². The third kappa shape index (κ3) is 3.14. The summed E-state index contributed by atoms with van der Waals surface area (Å²) in [5.74, 6) is -3.44. The van der Waals surface area contributed by atoms with E-state index in [0.717, 1.165) is 25.0 Å². The molecule has 0 heterocycles. The first-order valence-corrected chi connectivity index (χ1v) is 7.29. The molecule has 0 spiro atoms. The highest BCUT2D eigenvalue weighted by Crippen LogP contribution is 2.44. The second-order valence-electron chi connectivity index (χ2n) is 5.85. The number of nitrogens with one attached hydrogen (secondary N) is 1. The number of hydrogen-bond acceptors (Lipinski definition) is 1. The maximum absolute atomic E-state index is 13.2. The molecule has 3 nitrogen and oxygen atoms in total. The van der Waals surface area contributed by atoms with E-state index in [2.05, 4.69) is 10.3 Å². The van der Waals surface area contributed by atoms with E-state index in [-0.39, 0.29) is 12.0 Å². The zero-order valence-corrected chi connectivity index (χ0v) is 11.6. The molecule has 2 aliphatic carbocycles. The molecule has 0 radical (unpaired) electrons. The number of hydrogen-bond donors (Lipinski definition) is 2. The maximum atomic E-state index is 13.2. The standard InChI is InChI=1S/C15H18F3N3/c16-11-5-8(6-12(17)14(11)18)10-7-13(10)21-15(19)20-9-3-1-2-4-9/h5-6,9-10,13H,1-4,7H2,(H3,19,20,21)/t10-,13+/m0/s1. The van der Waals surface area contributed by atoms with Crippen LogP contribution in [0.4, 0.5) is 13.2 Å². The molecule has 2 atom stereocenters. The van der Waals surface area contributed by atoms with Gasteiger partial charge >= 0.3 is 0 Å². The van der Waals surface area contributed by atoms with Crippen molar-refractivity contribution < 1.29 is 13.2 Å². The molecule has 1 aromatic carbocycles. The van der Waals surface area contributed by atoms with Gasteiger partial charge in [0.2, 0.25) is 0 Å². The Kier molecular flexibility index (Phi) is 3.78. The van der Waals surface area contributed by atoms with Crippen molar-refractivity contribution in [3.8, 4) is 0 Å². The van der Waals surface area contributed by atoms with Gasteiger partial charge in [-0.15, -0.1) is 0 Å². The lowest BCUT2D eigenvalue weighted by molar-refractivity contribution is 0.445. The Bertz CT molecular complexity index is 544. The highest BCUT2D eigenvalue weighted by Gasteiger charge is 2.39. The van der Waals surface area contributed by atoms with E-state index in [0.29, 0.717) is 24.0 Å². The van der Waals surface area contributed by atoms with Gasteiger partial charge in [-0.3, -0.25) is 0 Å². The van der Waals surface area contributed by atoms with Crippen LogP contribution < -0.4 is 11.1 Å². The molecule has 1 aromatic rings. The Hall–Kier alpha value is -1.72. The molecule has 6 heteroatoms. The van der Waals surface area contributed by atoms with Gasteiger partial charge in [0, 0.05) is 12.0 Å². The summed E-state index contributed by atoms with van der Waals surface area (Å²) in [5.41, 5.74) is 6.29. The van der Waals surface area contributed by atoms with Crippen molar-refractivity contribution in [3.63, 3.8) is 0 Å². The summed E-state index contributed by atoms with van der Waals surface area (Å²) in [4.78, 5) is 4.34. The summed E-state index contributed by atoms with van der Waals surface area (Å²) in [7, 11) is 0. The molecule has 0 aliphatic heterocycles. The molecule has 114 valence electrons. The van der Waals surface area contributed by atoms with E-state index in [1.165, 1.54) is 12.8 Å². The maximum Gasteiger partial charge on any atom is 0.194 e. The van der Waals surface area contributed by atoms with Gasteiger partial charge in [-0.05, 0) is 37.0 Å². The fourth-order valence-electron chi connectivity index (χ4n) is 2.97. The molecule has 0 saturated heterocycles. The summed E-state index contributed by atoms with van der Waals surface area (Å²) < 4.78 is 39.3. The highest BCUT2D eigenvalue weighted by atomic mass is 19.2. The van der Waals surface area contributed by atoms with Gasteiger partial charge in [0.15, 0.2) is 23.4 Å². The van der Waals surface area contributed by atoms with E-state index in [1.54, 1.807) is 0 Å². The van der Waals surface area contributed by atoms with Crippen LogP contribution >= 0.6 is 0 Å². The largest absolute Gasteiger partial charge is 0.370 e. The number of rotatable bonds is 3. The molecule has 0 unspecified atom stereocenters. The van der Waals surface area contributed by atoms with Gasteiger partial charge in [0.05, 0.1) is 6.04 Å². The summed E-state index contributed by atoms with van der Waals surface area (Å²) in [6.07, 6.45) is 5.27. The minimum atomic E-state index is -1.43. The Labute approximate surface area is 121 Å². The second-order valence-corrected chi connectivity index (χ2v) is 5.85. The van der Waals surface area contributed by atoms with Gasteiger partial charge in [-0.25, -0.2) is 18.2 Å². The molecule has 3 N–H and O–H groups in total. The topological polar surface area (TPSA) is 50.4 Å². The van der Waals surface area contributed by atoms with Crippen LogP contribution in [0.3, 0.4) is 0 Å². The summed E-state index contributed by atoms with van der Waals surface area (Å²) >= 11 is 0. The molecular weight excluding hydrogens is 279 g/mol. The van der Waals surface area contributed by atoms with E-state index in [1.807, 2.05) is 0 Å². The minimum absolute atomic E-state index is 0.0804. The number of guanidine groups is 1. The molecule has 2 fully saturated rings. The van der Waals surface area contributed by atoms with Crippen molar-refractivity contribution in [2.45, 2.75) is 50.1 Å². The first-order valence-electron chi connectivity index (χ1n) is 7.29. The zero-order valence-electron chi connectivity index (χ0n) is 11.6. The normalized spacial score (nSPS) is 26.1. The third-order valence-electron chi connectivity index (χ3n) is 4.20. The van der Waals surface area contributed by atoms with E-state index < -0.39 is 17.5 Å². The summed E-state index contributed by atoms with van der Waals surface area (Å²) in [6.45, 7) is 0. The third-order valence-corrected chi connectivity index (χ3v) is 4.20. The van der Waals surface area contributed by atoms with Crippen LogP contribution in [0.5, 0.6) is 0 Å². The Morgan fingerprint density at radius 2 is 1.76 bits per heavy atom. The van der Waals surface area contributed by atoms with E-state index >= 15 is 0 Å². The second kappa shape index (κ2) is 5.58. The van der Waals surface area contributed by atoms with Crippen molar-refractivity contribution in [2.75, 3.05) is 0 Å². The first-order chi connectivity index (χ1) is 10.0. The molecule has 0 aromatic heterocycles. The fraction of sp³-hybridized carbons (Fsp3) is 0.533. The smallest absolute Gasteiger partial charge is 0.194 e. The average molecular weight is 297 g/mol. The average Bonchev–Trinajstić information content (AvgIpc) is 2.99. The molecule has 0 amide bonds. The number of nitrogens with zero attached hydrogens (tertiary/aromatic N) is 1. The monoisotopic (exact) mass is 297 g/mol. The molecule has 2 saturated carbocycles. The van der Waals surface area contributed by atoms with Crippen LogP contribution in [-0.4, -0.2) is 18.0 Å². The number of benzene rings is 1. The van der Waals surface area contributed by atoms with Gasteiger partial charge in [-0.1, -0.05) is 12.8 Å². The van der Waals surface area contributed by atoms with Gasteiger partial charge in [-0.2, -0.15) is 0 Å². The zero-order chi connectivity index (χ0) is 15.0. The molecule has 2 aliphatic rings. The van der Waals surface area contributed by atoms with Gasteiger partial charge in [0.25, 0.3) is 0 Å². The van der Waals surface area contributed by atoms with Crippen LogP contribution in [0.25, 0.3) is 0 Å². The first kappa shape index (κ1) is 14.2. The lowest BCUT2D eigenvalue weighted by Crippen LogP contribution is -2.38. The summed E-state index contributed by atoms with van der Waals surface area (Å²) in [5, 5.41) is 3.17. The molecular formula is C15H18F3N3. The van der Waals surface area contributed by atoms with Crippen molar-refractivity contribution in [2.24, 2.45) is 10.7 Å². The lowest BCUT2D eigenvalue weighted by atomic mass is 10.1. The molecule has 0 bridgehead atoms. The van der Waals surface area contributed by atoms with E-state index in [9.17, 15) is 13.2 Å². The number of aliphatic imine (C=N–C) groups is 1. The fourth-order valence-corrected chi connectivity index (χ4v) is 2.97. The predicted octanol–water partition coefficient (Wildman–Crippen LogP) is 2.81. The molecule has 21 heavy (non-hydrogen) atoms. The minimum Gasteiger partial charge on any atom is -0.370 e. The van der Waals surface area contributed by atoms with Gasteiger partial charge in [0.1, 0.15) is 0 Å². The van der Waals surface area contributed by atoms with Gasteiger partial charge < -0.3 is 11.1 Å². The Morgan fingerprint density at radius 1 is 1.14 bits per heavy atom. The SMILES string of the molecule is NC(=N[C@@H]1C[C@H]1c1cc(F)c(F)c(F)c1)NC1CCCC1. The van der Waals surface area contributed by atoms with Crippen molar-refractivity contribution in [3.05, 3.63) is 35.1 Å². The Balaban J connectivity index is 1.63. The lowest BCUT2D eigenvalue weighted by Gasteiger charge is -2.12. The summed E-state index contributed by atoms with van der Waals surface area (Å²) in [6, 6.07) is 2.38. The van der Waals surface area contributed by atoms with Crippen LogP contribution in [0.15, 0.2) is 17.1 Å². The Morgan fingerprint density at radius 3 is 2.38 bits per heavy atom.